The number of hydrogen-bond donors (Lipinski definition) is 1. The second-order valence-electron chi connectivity index (χ2n) is 4.47. The van der Waals surface area contributed by atoms with Crippen molar-refractivity contribution in [2.75, 3.05) is 0 Å². The van der Waals surface area contributed by atoms with Gasteiger partial charge in [-0.05, 0) is 22.8 Å². The van der Waals surface area contributed by atoms with E-state index >= 15 is 0 Å². The van der Waals surface area contributed by atoms with Crippen LogP contribution in [0.3, 0.4) is 0 Å². The van der Waals surface area contributed by atoms with Gasteiger partial charge in [-0.1, -0.05) is 42.5 Å². The molecular weight excluding hydrogens is 246 g/mol. The molecule has 0 bridgehead atoms. The summed E-state index contributed by atoms with van der Waals surface area (Å²) in [5.74, 6) is 0.0217. The number of fused-ring (bicyclic) bond motifs is 2. The first-order chi connectivity index (χ1) is 8.59. The molecule has 2 aromatic carbocycles. The van der Waals surface area contributed by atoms with Gasteiger partial charge in [0.05, 0.1) is 16.7 Å². The molecule has 1 aliphatic rings. The maximum Gasteiger partial charge on any atom is 0.182 e. The van der Waals surface area contributed by atoms with Gasteiger partial charge in [0.15, 0.2) is 9.84 Å². The monoisotopic (exact) mass is 259 g/mol. The first kappa shape index (κ1) is 11.4. The third kappa shape index (κ3) is 1.65. The van der Waals surface area contributed by atoms with E-state index in [4.69, 9.17) is 5.73 Å². The zero-order chi connectivity index (χ0) is 12.8. The van der Waals surface area contributed by atoms with E-state index in [-0.39, 0.29) is 11.8 Å². The maximum atomic E-state index is 12.3. The van der Waals surface area contributed by atoms with Crippen LogP contribution in [-0.2, 0) is 15.6 Å². The lowest BCUT2D eigenvalue weighted by molar-refractivity contribution is 0.595. The van der Waals surface area contributed by atoms with Crippen LogP contribution in [0.5, 0.6) is 0 Å². The summed E-state index contributed by atoms with van der Waals surface area (Å²) >= 11 is 0. The molecule has 92 valence electrons. The van der Waals surface area contributed by atoms with Crippen LogP contribution in [0.25, 0.3) is 0 Å². The van der Waals surface area contributed by atoms with Crippen molar-refractivity contribution < 1.29 is 8.42 Å². The van der Waals surface area contributed by atoms with E-state index in [1.54, 1.807) is 18.2 Å². The second-order valence-corrected chi connectivity index (χ2v) is 6.43. The van der Waals surface area contributed by atoms with Crippen molar-refractivity contribution in [3.63, 3.8) is 0 Å². The highest BCUT2D eigenvalue weighted by molar-refractivity contribution is 7.90. The Kier molecular flexibility index (Phi) is 2.50. The van der Waals surface area contributed by atoms with Crippen molar-refractivity contribution in [2.24, 2.45) is 5.73 Å². The molecule has 0 radical (unpaired) electrons. The third-order valence-electron chi connectivity index (χ3n) is 3.32. The Hall–Kier alpha value is -1.65. The number of sulfone groups is 1. The molecule has 0 fully saturated rings. The zero-order valence-electron chi connectivity index (χ0n) is 9.71. The van der Waals surface area contributed by atoms with Gasteiger partial charge in [-0.25, -0.2) is 8.42 Å². The highest BCUT2D eigenvalue weighted by Crippen LogP contribution is 2.34. The predicted molar refractivity (Wildman–Crippen MR) is 69.8 cm³/mol. The summed E-state index contributed by atoms with van der Waals surface area (Å²) in [4.78, 5) is 0.355. The standard InChI is InChI=1S/C14H13NO2S/c15-14-11-6-2-1-5-10(11)9-18(16,17)13-8-4-3-7-12(13)14/h1-8,14H,9,15H2/t14-/m0/s1. The van der Waals surface area contributed by atoms with Crippen LogP contribution in [0.15, 0.2) is 53.4 Å². The lowest BCUT2D eigenvalue weighted by Crippen LogP contribution is -2.13. The molecule has 0 unspecified atom stereocenters. The first-order valence-electron chi connectivity index (χ1n) is 5.75. The van der Waals surface area contributed by atoms with Crippen molar-refractivity contribution >= 4 is 9.84 Å². The highest BCUT2D eigenvalue weighted by atomic mass is 32.2. The molecule has 1 heterocycles. The normalized spacial score (nSPS) is 20.6. The van der Waals surface area contributed by atoms with Crippen LogP contribution in [0.4, 0.5) is 0 Å². The molecule has 1 aliphatic heterocycles. The molecule has 4 heteroatoms. The van der Waals surface area contributed by atoms with Crippen molar-refractivity contribution in [1.82, 2.24) is 0 Å². The summed E-state index contributed by atoms with van der Waals surface area (Å²) in [6.07, 6.45) is 0. The molecule has 0 aliphatic carbocycles. The zero-order valence-corrected chi connectivity index (χ0v) is 10.5. The van der Waals surface area contributed by atoms with Gasteiger partial charge >= 0.3 is 0 Å². The Morgan fingerprint density at radius 3 is 2.33 bits per heavy atom. The molecule has 0 amide bonds. The fourth-order valence-electron chi connectivity index (χ4n) is 2.44. The third-order valence-corrected chi connectivity index (χ3v) is 5.06. The number of hydrogen-bond acceptors (Lipinski definition) is 3. The lowest BCUT2D eigenvalue weighted by atomic mass is 9.96. The molecular formula is C14H13NO2S. The molecule has 3 nitrogen and oxygen atoms in total. The Labute approximate surface area is 106 Å². The summed E-state index contributed by atoms with van der Waals surface area (Å²) < 4.78 is 24.7. The first-order valence-corrected chi connectivity index (χ1v) is 7.40. The lowest BCUT2D eigenvalue weighted by Gasteiger charge is -2.13. The molecule has 0 saturated carbocycles. The van der Waals surface area contributed by atoms with Gasteiger partial charge in [-0.15, -0.1) is 0 Å². The smallest absolute Gasteiger partial charge is 0.182 e. The number of nitrogens with two attached hydrogens (primary N) is 1. The summed E-state index contributed by atoms with van der Waals surface area (Å²) in [7, 11) is -3.30. The fourth-order valence-corrected chi connectivity index (χ4v) is 4.11. The van der Waals surface area contributed by atoms with Gasteiger partial charge in [-0.3, -0.25) is 0 Å². The average molecular weight is 259 g/mol. The van der Waals surface area contributed by atoms with E-state index in [1.807, 2.05) is 30.3 Å². The number of rotatable bonds is 0. The highest BCUT2D eigenvalue weighted by Gasteiger charge is 2.28. The van der Waals surface area contributed by atoms with Gasteiger partial charge in [0, 0.05) is 0 Å². The van der Waals surface area contributed by atoms with Gasteiger partial charge in [0.2, 0.25) is 0 Å². The van der Waals surface area contributed by atoms with E-state index in [1.165, 1.54) is 0 Å². The van der Waals surface area contributed by atoms with E-state index in [0.29, 0.717) is 10.5 Å². The largest absolute Gasteiger partial charge is 0.320 e. The van der Waals surface area contributed by atoms with Gasteiger partial charge in [-0.2, -0.15) is 0 Å². The van der Waals surface area contributed by atoms with E-state index in [0.717, 1.165) is 11.1 Å². The van der Waals surface area contributed by atoms with E-state index in [9.17, 15) is 8.42 Å². The van der Waals surface area contributed by atoms with Crippen molar-refractivity contribution in [2.45, 2.75) is 16.7 Å². The van der Waals surface area contributed by atoms with Crippen LogP contribution >= 0.6 is 0 Å². The molecule has 0 saturated heterocycles. The summed E-state index contributed by atoms with van der Waals surface area (Å²) in [6.45, 7) is 0. The molecule has 0 spiro atoms. The van der Waals surface area contributed by atoms with Crippen molar-refractivity contribution in [3.8, 4) is 0 Å². The average Bonchev–Trinajstić information content (AvgIpc) is 2.45. The Morgan fingerprint density at radius 2 is 1.56 bits per heavy atom. The molecule has 18 heavy (non-hydrogen) atoms. The Morgan fingerprint density at radius 1 is 0.944 bits per heavy atom. The van der Waals surface area contributed by atoms with Crippen molar-refractivity contribution in [3.05, 3.63) is 65.2 Å². The molecule has 2 aromatic rings. The minimum absolute atomic E-state index is 0.0217. The summed E-state index contributed by atoms with van der Waals surface area (Å²) in [6, 6.07) is 14.1. The quantitative estimate of drug-likeness (QED) is 0.787. The minimum Gasteiger partial charge on any atom is -0.320 e. The number of benzene rings is 2. The minimum atomic E-state index is -3.30. The molecule has 0 aromatic heterocycles. The van der Waals surface area contributed by atoms with Gasteiger partial charge in [0.25, 0.3) is 0 Å². The van der Waals surface area contributed by atoms with Gasteiger partial charge in [0.1, 0.15) is 0 Å². The predicted octanol–water partition coefficient (Wildman–Crippen LogP) is 2.02. The van der Waals surface area contributed by atoms with E-state index in [2.05, 4.69) is 0 Å². The second kappa shape index (κ2) is 3.93. The van der Waals surface area contributed by atoms with E-state index < -0.39 is 9.84 Å². The SMILES string of the molecule is N[C@H]1c2ccccc2CS(=O)(=O)c2ccccc21. The van der Waals surface area contributed by atoms with Gasteiger partial charge < -0.3 is 5.73 Å². The van der Waals surface area contributed by atoms with Crippen molar-refractivity contribution in [1.29, 1.82) is 0 Å². The Balaban J connectivity index is 2.35. The molecule has 2 N–H and O–H groups in total. The summed E-state index contributed by atoms with van der Waals surface area (Å²) in [5, 5.41) is 0. The van der Waals surface area contributed by atoms with Crippen LogP contribution in [-0.4, -0.2) is 8.42 Å². The topological polar surface area (TPSA) is 60.2 Å². The fraction of sp³-hybridized carbons (Fsp3) is 0.143. The summed E-state index contributed by atoms with van der Waals surface area (Å²) in [5.41, 5.74) is 8.58. The van der Waals surface area contributed by atoms with Crippen LogP contribution in [0.2, 0.25) is 0 Å². The van der Waals surface area contributed by atoms with Crippen LogP contribution in [0, 0.1) is 0 Å². The maximum absolute atomic E-state index is 12.3. The molecule has 1 atom stereocenters. The van der Waals surface area contributed by atoms with Crippen LogP contribution < -0.4 is 5.73 Å². The van der Waals surface area contributed by atoms with Crippen LogP contribution in [0.1, 0.15) is 22.7 Å². The Bertz CT molecular complexity index is 707. The molecule has 3 rings (SSSR count).